The number of nitrogens with two attached hydrogens (primary N) is 1. The lowest BCUT2D eigenvalue weighted by Gasteiger charge is -2.05. The summed E-state index contributed by atoms with van der Waals surface area (Å²) in [6, 6.07) is 15.4. The molecule has 4 nitrogen and oxygen atoms in total. The summed E-state index contributed by atoms with van der Waals surface area (Å²) in [5, 5.41) is 13.6. The van der Waals surface area contributed by atoms with Gasteiger partial charge in [0, 0.05) is 21.9 Å². The highest BCUT2D eigenvalue weighted by Crippen LogP contribution is 2.25. The van der Waals surface area contributed by atoms with E-state index in [0.29, 0.717) is 5.56 Å². The number of hydrogen-bond donors (Lipinski definition) is 1. The van der Waals surface area contributed by atoms with E-state index < -0.39 is 0 Å². The molecular formula is C16H11BrN4. The van der Waals surface area contributed by atoms with Crippen molar-refractivity contribution in [1.29, 1.82) is 5.26 Å². The van der Waals surface area contributed by atoms with Gasteiger partial charge in [0.05, 0.1) is 17.4 Å². The predicted octanol–water partition coefficient (Wildman–Crippen LogP) is 3.76. The molecule has 0 aliphatic carbocycles. The van der Waals surface area contributed by atoms with Crippen LogP contribution in [0.1, 0.15) is 5.56 Å². The van der Waals surface area contributed by atoms with Gasteiger partial charge in [0.15, 0.2) is 0 Å². The predicted molar refractivity (Wildman–Crippen MR) is 85.8 cm³/mol. The van der Waals surface area contributed by atoms with Crippen LogP contribution in [0.2, 0.25) is 0 Å². The number of nitrogen functional groups attached to an aromatic ring is 1. The topological polar surface area (TPSA) is 67.6 Å². The van der Waals surface area contributed by atoms with E-state index in [0.717, 1.165) is 27.0 Å². The van der Waals surface area contributed by atoms with E-state index in [-0.39, 0.29) is 0 Å². The van der Waals surface area contributed by atoms with Crippen LogP contribution in [0.3, 0.4) is 0 Å². The Kier molecular flexibility index (Phi) is 3.46. The Balaban J connectivity index is 2.05. The number of nitrogens with zero attached hydrogens (tertiary/aromatic N) is 3. The van der Waals surface area contributed by atoms with Crippen molar-refractivity contribution in [3.8, 4) is 22.9 Å². The van der Waals surface area contributed by atoms with Crippen LogP contribution in [0.15, 0.2) is 59.3 Å². The number of rotatable bonds is 2. The molecule has 2 N–H and O–H groups in total. The lowest BCUT2D eigenvalue weighted by atomic mass is 10.1. The van der Waals surface area contributed by atoms with Crippen LogP contribution in [0, 0.1) is 11.3 Å². The van der Waals surface area contributed by atoms with Crippen LogP contribution in [-0.2, 0) is 0 Å². The van der Waals surface area contributed by atoms with Crippen LogP contribution < -0.4 is 5.73 Å². The zero-order valence-corrected chi connectivity index (χ0v) is 12.6. The van der Waals surface area contributed by atoms with Crippen molar-refractivity contribution in [1.82, 2.24) is 9.78 Å². The monoisotopic (exact) mass is 338 g/mol. The minimum absolute atomic E-state index is 0.560. The maximum atomic E-state index is 9.28. The van der Waals surface area contributed by atoms with E-state index in [1.165, 1.54) is 0 Å². The molecule has 1 heterocycles. The summed E-state index contributed by atoms with van der Waals surface area (Å²) in [6.45, 7) is 0. The molecule has 3 aromatic rings. The quantitative estimate of drug-likeness (QED) is 0.723. The molecule has 2 aromatic carbocycles. The third-order valence-corrected chi connectivity index (χ3v) is 3.84. The molecule has 0 radical (unpaired) electrons. The number of anilines is 1. The molecule has 1 aromatic heterocycles. The van der Waals surface area contributed by atoms with E-state index in [1.54, 1.807) is 10.9 Å². The number of nitriles is 1. The molecule has 0 fully saturated rings. The largest absolute Gasteiger partial charge is 0.399 e. The van der Waals surface area contributed by atoms with Crippen molar-refractivity contribution in [2.45, 2.75) is 0 Å². The zero-order chi connectivity index (χ0) is 14.8. The number of benzene rings is 2. The molecule has 0 atom stereocenters. The molecule has 5 heteroatoms. The lowest BCUT2D eigenvalue weighted by Crippen LogP contribution is -1.98. The Morgan fingerprint density at radius 3 is 2.57 bits per heavy atom. The van der Waals surface area contributed by atoms with Crippen LogP contribution in [0.4, 0.5) is 5.69 Å². The molecule has 0 saturated carbocycles. The molecular weight excluding hydrogens is 328 g/mol. The summed E-state index contributed by atoms with van der Waals surface area (Å²) in [4.78, 5) is 0. The highest BCUT2D eigenvalue weighted by atomic mass is 79.9. The van der Waals surface area contributed by atoms with Gasteiger partial charge in [-0.2, -0.15) is 10.4 Å². The molecule has 0 aliphatic rings. The third kappa shape index (κ3) is 2.54. The first-order valence-electron chi connectivity index (χ1n) is 6.28. The van der Waals surface area contributed by atoms with E-state index >= 15 is 0 Å². The fourth-order valence-electron chi connectivity index (χ4n) is 2.09. The van der Waals surface area contributed by atoms with Gasteiger partial charge in [0.1, 0.15) is 6.07 Å². The Morgan fingerprint density at radius 1 is 1.10 bits per heavy atom. The van der Waals surface area contributed by atoms with Gasteiger partial charge in [-0.15, -0.1) is 0 Å². The van der Waals surface area contributed by atoms with Crippen molar-refractivity contribution < 1.29 is 0 Å². The highest BCUT2D eigenvalue weighted by Gasteiger charge is 2.10. The minimum Gasteiger partial charge on any atom is -0.399 e. The summed E-state index contributed by atoms with van der Waals surface area (Å²) in [5.74, 6) is 0. The van der Waals surface area contributed by atoms with E-state index in [1.807, 2.05) is 48.7 Å². The summed E-state index contributed by atoms with van der Waals surface area (Å²) in [7, 11) is 0. The smallest absolute Gasteiger partial charge is 0.103 e. The Bertz CT molecular complexity index is 828. The molecule has 0 aliphatic heterocycles. The lowest BCUT2D eigenvalue weighted by molar-refractivity contribution is 0.876. The molecule has 21 heavy (non-hydrogen) atoms. The fraction of sp³-hybridized carbons (Fsp3) is 0. The molecule has 0 amide bonds. The normalized spacial score (nSPS) is 10.3. The summed E-state index contributed by atoms with van der Waals surface area (Å²) in [6.07, 6.45) is 3.67. The van der Waals surface area contributed by atoms with Gasteiger partial charge in [-0.05, 0) is 45.8 Å². The van der Waals surface area contributed by atoms with Gasteiger partial charge < -0.3 is 5.73 Å². The summed E-state index contributed by atoms with van der Waals surface area (Å²) >= 11 is 3.39. The standard InChI is InChI=1S/C16H11BrN4/c17-15-2-1-3-16(14(15)8-18)21-10-12(9-20-21)11-4-6-13(19)7-5-11/h1-7,9-10H,19H2. The van der Waals surface area contributed by atoms with Crippen LogP contribution in [0.25, 0.3) is 16.8 Å². The Labute approximate surface area is 130 Å². The fourth-order valence-corrected chi connectivity index (χ4v) is 2.54. The first kappa shape index (κ1) is 13.4. The Morgan fingerprint density at radius 2 is 1.86 bits per heavy atom. The van der Waals surface area contributed by atoms with Crippen molar-refractivity contribution in [2.24, 2.45) is 0 Å². The minimum atomic E-state index is 0.560. The second-order valence-electron chi connectivity index (χ2n) is 4.54. The van der Waals surface area contributed by atoms with Gasteiger partial charge in [-0.25, -0.2) is 4.68 Å². The van der Waals surface area contributed by atoms with Gasteiger partial charge in [-0.3, -0.25) is 0 Å². The van der Waals surface area contributed by atoms with Gasteiger partial charge in [0.2, 0.25) is 0 Å². The highest BCUT2D eigenvalue weighted by molar-refractivity contribution is 9.10. The molecule has 0 bridgehead atoms. The van der Waals surface area contributed by atoms with Gasteiger partial charge in [0.25, 0.3) is 0 Å². The van der Waals surface area contributed by atoms with Crippen LogP contribution in [0.5, 0.6) is 0 Å². The van der Waals surface area contributed by atoms with Gasteiger partial charge in [-0.1, -0.05) is 18.2 Å². The average molecular weight is 339 g/mol. The zero-order valence-electron chi connectivity index (χ0n) is 11.0. The molecule has 0 spiro atoms. The maximum absolute atomic E-state index is 9.28. The van der Waals surface area contributed by atoms with Crippen LogP contribution in [-0.4, -0.2) is 9.78 Å². The summed E-state index contributed by atoms with van der Waals surface area (Å²) < 4.78 is 2.46. The number of aromatic nitrogens is 2. The van der Waals surface area contributed by atoms with E-state index in [2.05, 4.69) is 27.1 Å². The van der Waals surface area contributed by atoms with E-state index in [9.17, 15) is 5.26 Å². The van der Waals surface area contributed by atoms with Crippen molar-refractivity contribution in [3.63, 3.8) is 0 Å². The second kappa shape index (κ2) is 5.43. The number of halogens is 1. The SMILES string of the molecule is N#Cc1c(Br)cccc1-n1cc(-c2ccc(N)cc2)cn1. The first-order chi connectivity index (χ1) is 10.2. The van der Waals surface area contributed by atoms with E-state index in [4.69, 9.17) is 5.73 Å². The van der Waals surface area contributed by atoms with Crippen molar-refractivity contribution >= 4 is 21.6 Å². The van der Waals surface area contributed by atoms with Crippen molar-refractivity contribution in [2.75, 3.05) is 5.73 Å². The molecule has 3 rings (SSSR count). The van der Waals surface area contributed by atoms with Crippen LogP contribution >= 0.6 is 15.9 Å². The molecule has 0 unspecified atom stereocenters. The molecule has 102 valence electrons. The maximum Gasteiger partial charge on any atom is 0.103 e. The first-order valence-corrected chi connectivity index (χ1v) is 7.08. The number of hydrogen-bond acceptors (Lipinski definition) is 3. The second-order valence-corrected chi connectivity index (χ2v) is 5.40. The van der Waals surface area contributed by atoms with Gasteiger partial charge >= 0.3 is 0 Å². The van der Waals surface area contributed by atoms with Crippen molar-refractivity contribution in [3.05, 3.63) is 64.9 Å². The molecule has 0 saturated heterocycles. The summed E-state index contributed by atoms with van der Waals surface area (Å²) in [5.41, 5.74) is 9.73. The third-order valence-electron chi connectivity index (χ3n) is 3.18. The Hall–Kier alpha value is -2.58. The average Bonchev–Trinajstić information content (AvgIpc) is 2.97.